The first-order valence-electron chi connectivity index (χ1n) is 21.9. The van der Waals surface area contributed by atoms with Crippen LogP contribution < -0.4 is 5.32 Å². The molecule has 7 heteroatoms. The van der Waals surface area contributed by atoms with E-state index in [1.54, 1.807) is 11.8 Å². The number of allylic oxidation sites excluding steroid dienone is 2. The molecule has 0 saturated carbocycles. The number of unbranched alkanes of at least 4 members (excludes halogenated alkanes) is 16. The van der Waals surface area contributed by atoms with Gasteiger partial charge in [0, 0.05) is 24.5 Å². The third-order valence-electron chi connectivity index (χ3n) is 9.81. The molecule has 0 aromatic carbocycles. The molecule has 0 aromatic heterocycles. The third kappa shape index (κ3) is 35.8. The van der Waals surface area contributed by atoms with Crippen molar-refractivity contribution in [1.29, 1.82) is 0 Å². The lowest BCUT2D eigenvalue weighted by Gasteiger charge is -2.34. The van der Waals surface area contributed by atoms with Gasteiger partial charge in [0.1, 0.15) is 13.2 Å². The topological polar surface area (TPSA) is 81.7 Å². The minimum atomic E-state index is -0.0935. The number of thioether (sulfide) groups is 1. The predicted octanol–water partition coefficient (Wildman–Crippen LogP) is 13.3. The molecule has 0 aliphatic rings. The summed E-state index contributed by atoms with van der Waals surface area (Å²) in [5, 5.41) is 3.99. The Morgan fingerprint density at radius 3 is 1.47 bits per heavy atom. The van der Waals surface area contributed by atoms with Crippen LogP contribution in [0.1, 0.15) is 208 Å². The van der Waals surface area contributed by atoms with Gasteiger partial charge in [0.2, 0.25) is 0 Å². The van der Waals surface area contributed by atoms with Crippen LogP contribution in [0.15, 0.2) is 24.3 Å². The molecular weight excluding hydrogens is 679 g/mol. The SMILES string of the molecule is CCCCCC/C=C\COC(=O)CCCCCCCC(CCCCCCCC(=O)OC/C=C\CCCCCC)SC(=O)CC(C)(C)CC(C)(C)CNC. The van der Waals surface area contributed by atoms with Gasteiger partial charge >= 0.3 is 11.9 Å². The second-order valence-electron chi connectivity index (χ2n) is 16.9. The Bertz CT molecular complexity index is 908. The first-order valence-corrected chi connectivity index (χ1v) is 22.8. The summed E-state index contributed by atoms with van der Waals surface area (Å²) in [6.07, 6.45) is 35.7. The highest BCUT2D eigenvalue weighted by Gasteiger charge is 2.31. The molecule has 0 unspecified atom stereocenters. The van der Waals surface area contributed by atoms with Gasteiger partial charge in [0.05, 0.1) is 0 Å². The average molecular weight is 764 g/mol. The summed E-state index contributed by atoms with van der Waals surface area (Å²) in [7, 11) is 2.00. The number of hydrogen-bond acceptors (Lipinski definition) is 7. The monoisotopic (exact) mass is 764 g/mol. The van der Waals surface area contributed by atoms with Gasteiger partial charge in [0.15, 0.2) is 5.12 Å². The molecule has 0 rings (SSSR count). The normalized spacial score (nSPS) is 12.4. The largest absolute Gasteiger partial charge is 0.461 e. The highest BCUT2D eigenvalue weighted by molar-refractivity contribution is 8.14. The highest BCUT2D eigenvalue weighted by Crippen LogP contribution is 2.38. The van der Waals surface area contributed by atoms with Crippen LogP contribution in [-0.2, 0) is 23.9 Å². The van der Waals surface area contributed by atoms with Crippen LogP contribution in [0.3, 0.4) is 0 Å². The Hall–Kier alpha value is -1.60. The van der Waals surface area contributed by atoms with E-state index in [0.29, 0.717) is 42.8 Å². The summed E-state index contributed by atoms with van der Waals surface area (Å²) in [5.41, 5.74) is 0.109. The maximum atomic E-state index is 13.4. The molecule has 0 saturated heterocycles. The van der Waals surface area contributed by atoms with E-state index < -0.39 is 0 Å². The van der Waals surface area contributed by atoms with E-state index in [2.05, 4.69) is 59.0 Å². The molecule has 0 heterocycles. The van der Waals surface area contributed by atoms with E-state index in [-0.39, 0.29) is 22.8 Å². The van der Waals surface area contributed by atoms with Gasteiger partial charge in [0.25, 0.3) is 0 Å². The minimum Gasteiger partial charge on any atom is -0.461 e. The standard InChI is InChI=1S/C46H85NO5S/c1-8-10-12-14-16-24-30-36-51-42(48)34-28-22-18-20-26-32-41(53-44(50)38-45(3,4)39-46(5,6)40-47-7)33-27-21-19-23-29-35-43(49)52-37-31-25-17-15-13-11-9-2/h24-25,30-31,41,47H,8-23,26-29,32-40H2,1-7H3/b30-24-,31-25-. The molecule has 1 N–H and O–H groups in total. The second kappa shape index (κ2) is 34.9. The predicted molar refractivity (Wildman–Crippen MR) is 229 cm³/mol. The van der Waals surface area contributed by atoms with Gasteiger partial charge < -0.3 is 14.8 Å². The van der Waals surface area contributed by atoms with E-state index in [1.165, 1.54) is 51.4 Å². The van der Waals surface area contributed by atoms with Crippen molar-refractivity contribution in [3.8, 4) is 0 Å². The van der Waals surface area contributed by atoms with Crippen molar-refractivity contribution >= 4 is 28.8 Å². The fraction of sp³-hybridized carbons (Fsp3) is 0.848. The second-order valence-corrected chi connectivity index (χ2v) is 18.3. The number of ether oxygens (including phenoxy) is 2. The molecular formula is C46H85NO5S. The number of nitrogens with one attached hydrogen (secondary N) is 1. The van der Waals surface area contributed by atoms with Gasteiger partial charge in [-0.25, -0.2) is 0 Å². The first-order chi connectivity index (χ1) is 25.4. The molecule has 0 atom stereocenters. The Labute approximate surface area is 332 Å². The minimum absolute atomic E-state index is 0.0354. The Morgan fingerprint density at radius 1 is 0.585 bits per heavy atom. The van der Waals surface area contributed by atoms with Crippen LogP contribution in [-0.4, -0.2) is 49.1 Å². The van der Waals surface area contributed by atoms with Crippen LogP contribution in [0.5, 0.6) is 0 Å². The Morgan fingerprint density at radius 2 is 1.02 bits per heavy atom. The van der Waals surface area contributed by atoms with Gasteiger partial charge in [-0.15, -0.1) is 0 Å². The maximum absolute atomic E-state index is 13.4. The van der Waals surface area contributed by atoms with Crippen LogP contribution in [0.2, 0.25) is 0 Å². The zero-order valence-corrected chi connectivity index (χ0v) is 36.7. The highest BCUT2D eigenvalue weighted by atomic mass is 32.2. The van der Waals surface area contributed by atoms with E-state index in [9.17, 15) is 14.4 Å². The van der Waals surface area contributed by atoms with Crippen LogP contribution in [0.25, 0.3) is 0 Å². The third-order valence-corrected chi connectivity index (χ3v) is 11.0. The lowest BCUT2D eigenvalue weighted by atomic mass is 9.73. The van der Waals surface area contributed by atoms with E-state index in [4.69, 9.17) is 9.47 Å². The summed E-state index contributed by atoms with van der Waals surface area (Å²) < 4.78 is 10.7. The molecule has 0 aliphatic carbocycles. The van der Waals surface area contributed by atoms with E-state index >= 15 is 0 Å². The first kappa shape index (κ1) is 51.4. The van der Waals surface area contributed by atoms with Crippen molar-refractivity contribution in [2.75, 3.05) is 26.8 Å². The molecule has 0 fully saturated rings. The van der Waals surface area contributed by atoms with Crippen molar-refractivity contribution < 1.29 is 23.9 Å². The summed E-state index contributed by atoms with van der Waals surface area (Å²) >= 11 is 1.60. The lowest BCUT2D eigenvalue weighted by Crippen LogP contribution is -2.32. The van der Waals surface area contributed by atoms with E-state index in [1.807, 2.05) is 19.2 Å². The fourth-order valence-electron chi connectivity index (χ4n) is 7.30. The molecule has 53 heavy (non-hydrogen) atoms. The number of esters is 2. The Balaban J connectivity index is 4.51. The van der Waals surface area contributed by atoms with Crippen LogP contribution in [0, 0.1) is 10.8 Å². The summed E-state index contributed by atoms with van der Waals surface area (Å²) in [4.78, 5) is 37.6. The Kier molecular flexibility index (Phi) is 33.8. The molecule has 0 aromatic rings. The van der Waals surface area contributed by atoms with Crippen molar-refractivity contribution in [3.63, 3.8) is 0 Å². The molecule has 0 aliphatic heterocycles. The van der Waals surface area contributed by atoms with Gasteiger partial charge in [-0.05, 0) is 82.2 Å². The van der Waals surface area contributed by atoms with Gasteiger partial charge in [-0.3, -0.25) is 14.4 Å². The van der Waals surface area contributed by atoms with Gasteiger partial charge in [-0.2, -0.15) is 0 Å². The number of carbonyl (C=O) groups excluding carboxylic acids is 3. The number of carbonyl (C=O) groups is 3. The lowest BCUT2D eigenvalue weighted by molar-refractivity contribution is -0.143. The molecule has 0 amide bonds. The summed E-state index contributed by atoms with van der Waals surface area (Å²) in [6.45, 7) is 15.2. The number of rotatable bonds is 37. The average Bonchev–Trinajstić information content (AvgIpc) is 3.08. The maximum Gasteiger partial charge on any atom is 0.306 e. The van der Waals surface area contributed by atoms with Gasteiger partial charge in [-0.1, -0.05) is 167 Å². The van der Waals surface area contributed by atoms with Crippen LogP contribution >= 0.6 is 11.8 Å². The smallest absolute Gasteiger partial charge is 0.306 e. The zero-order valence-electron chi connectivity index (χ0n) is 35.8. The van der Waals surface area contributed by atoms with Crippen molar-refractivity contribution in [3.05, 3.63) is 24.3 Å². The number of hydrogen-bond donors (Lipinski definition) is 1. The van der Waals surface area contributed by atoms with Crippen molar-refractivity contribution in [1.82, 2.24) is 5.32 Å². The van der Waals surface area contributed by atoms with Crippen LogP contribution in [0.4, 0.5) is 0 Å². The quantitative estimate of drug-likeness (QED) is 0.0383. The van der Waals surface area contributed by atoms with Crippen molar-refractivity contribution in [2.45, 2.75) is 214 Å². The molecule has 0 radical (unpaired) electrons. The zero-order chi connectivity index (χ0) is 39.5. The fourth-order valence-corrected chi connectivity index (χ4v) is 8.71. The molecule has 6 nitrogen and oxygen atoms in total. The van der Waals surface area contributed by atoms with E-state index in [0.717, 1.165) is 103 Å². The molecule has 310 valence electrons. The molecule has 0 bridgehead atoms. The molecule has 0 spiro atoms. The van der Waals surface area contributed by atoms with Crippen molar-refractivity contribution in [2.24, 2.45) is 10.8 Å². The summed E-state index contributed by atoms with van der Waals surface area (Å²) in [6, 6.07) is 0. The summed E-state index contributed by atoms with van der Waals surface area (Å²) in [5.74, 6) is -0.187.